The van der Waals surface area contributed by atoms with Gasteiger partial charge >= 0.3 is 0 Å². The summed E-state index contributed by atoms with van der Waals surface area (Å²) in [6, 6.07) is 12.3. The van der Waals surface area contributed by atoms with Crippen molar-refractivity contribution in [1.29, 1.82) is 0 Å². The molecule has 6 heteroatoms. The maximum Gasteiger partial charge on any atom is 0.213 e. The zero-order valence-electron chi connectivity index (χ0n) is 14.2. The van der Waals surface area contributed by atoms with E-state index in [9.17, 15) is 0 Å². The largest absolute Gasteiger partial charge is 0.481 e. The van der Waals surface area contributed by atoms with Crippen molar-refractivity contribution in [3.63, 3.8) is 0 Å². The van der Waals surface area contributed by atoms with Gasteiger partial charge in [-0.1, -0.05) is 24.3 Å². The van der Waals surface area contributed by atoms with E-state index < -0.39 is 0 Å². The van der Waals surface area contributed by atoms with Crippen LogP contribution in [0, 0.1) is 0 Å². The maximum absolute atomic E-state index is 6.21. The van der Waals surface area contributed by atoms with Gasteiger partial charge in [0.25, 0.3) is 0 Å². The van der Waals surface area contributed by atoms with Gasteiger partial charge in [-0.3, -0.25) is 0 Å². The predicted molar refractivity (Wildman–Crippen MR) is 101 cm³/mol. The number of rotatable bonds is 2. The molecule has 1 fully saturated rings. The number of ether oxygens (including phenoxy) is 2. The highest BCUT2D eigenvalue weighted by molar-refractivity contribution is 7.80. The molecular weight excluding hydrogens is 334 g/mol. The fourth-order valence-electron chi connectivity index (χ4n) is 3.65. The number of thiocarbonyl (C=S) groups is 1. The molecule has 2 aliphatic rings. The summed E-state index contributed by atoms with van der Waals surface area (Å²) in [5, 5.41) is 3.99. The summed E-state index contributed by atoms with van der Waals surface area (Å²) in [4.78, 5) is 6.40. The number of piperidine rings is 1. The van der Waals surface area contributed by atoms with Crippen molar-refractivity contribution >= 4 is 23.0 Å². The summed E-state index contributed by atoms with van der Waals surface area (Å²) in [6.45, 7) is 2.48. The highest BCUT2D eigenvalue weighted by Crippen LogP contribution is 2.43. The van der Waals surface area contributed by atoms with Crippen LogP contribution < -0.4 is 10.1 Å². The fraction of sp³-hybridized carbons (Fsp3) is 0.368. The molecule has 4 rings (SSSR count). The number of nitrogens with zero attached hydrogens (tertiary/aromatic N) is 2. The van der Waals surface area contributed by atoms with Crippen LogP contribution in [0.15, 0.2) is 42.6 Å². The number of anilines is 1. The Bertz CT molecular complexity index is 770. The summed E-state index contributed by atoms with van der Waals surface area (Å²) in [7, 11) is 1.60. The molecule has 0 radical (unpaired) electrons. The normalized spacial score (nSPS) is 18.0. The summed E-state index contributed by atoms with van der Waals surface area (Å²) in [6.07, 6.45) is 3.63. The Morgan fingerprint density at radius 3 is 2.76 bits per heavy atom. The van der Waals surface area contributed by atoms with Crippen molar-refractivity contribution in [2.24, 2.45) is 0 Å². The Hall–Kier alpha value is -2.18. The van der Waals surface area contributed by atoms with E-state index in [4.69, 9.17) is 21.7 Å². The Morgan fingerprint density at radius 2 is 2.04 bits per heavy atom. The molecule has 0 atom stereocenters. The average Bonchev–Trinajstić information content (AvgIpc) is 3.01. The van der Waals surface area contributed by atoms with Gasteiger partial charge in [0.05, 0.1) is 31.2 Å². The topological polar surface area (TPSA) is 46.6 Å². The molecule has 0 bridgehead atoms. The fourth-order valence-corrected chi connectivity index (χ4v) is 3.95. The number of nitrogens with one attached hydrogen (secondary N) is 1. The molecule has 0 unspecified atom stereocenters. The van der Waals surface area contributed by atoms with Crippen LogP contribution in [0.25, 0.3) is 0 Å². The van der Waals surface area contributed by atoms with Crippen LogP contribution in [0.3, 0.4) is 0 Å². The molecule has 0 aliphatic carbocycles. The van der Waals surface area contributed by atoms with E-state index in [1.807, 2.05) is 12.1 Å². The highest BCUT2D eigenvalue weighted by Gasteiger charge is 2.42. The van der Waals surface area contributed by atoms with Crippen LogP contribution in [-0.2, 0) is 16.9 Å². The zero-order chi connectivity index (χ0) is 17.3. The third kappa shape index (κ3) is 3.07. The second kappa shape index (κ2) is 6.61. The Kier molecular flexibility index (Phi) is 4.31. The number of benzene rings is 1. The summed E-state index contributed by atoms with van der Waals surface area (Å²) in [5.74, 6) is 0.591. The molecule has 2 aliphatic heterocycles. The summed E-state index contributed by atoms with van der Waals surface area (Å²) in [5.41, 5.74) is 3.41. The van der Waals surface area contributed by atoms with Crippen molar-refractivity contribution in [2.75, 3.05) is 25.5 Å². The first-order valence-electron chi connectivity index (χ1n) is 8.48. The van der Waals surface area contributed by atoms with Crippen LogP contribution in [0.2, 0.25) is 0 Å². The molecule has 25 heavy (non-hydrogen) atoms. The lowest BCUT2D eigenvalue weighted by Gasteiger charge is -2.40. The standard InChI is InChI=1S/C19H21N3O2S/c1-23-17-7-6-15(12-20-17)21-18(25)22-10-8-19(9-11-22)16-5-3-2-4-14(16)13-24-19/h2-7,12H,8-11,13H2,1H3,(H,21,25). The van der Waals surface area contributed by atoms with Crippen molar-refractivity contribution < 1.29 is 9.47 Å². The molecule has 3 heterocycles. The number of fused-ring (bicyclic) bond motifs is 2. The molecule has 0 amide bonds. The lowest BCUT2D eigenvalue weighted by Crippen LogP contribution is -2.46. The molecular formula is C19H21N3O2S. The molecule has 0 saturated carbocycles. The third-order valence-electron chi connectivity index (χ3n) is 5.07. The van der Waals surface area contributed by atoms with Crippen molar-refractivity contribution in [1.82, 2.24) is 9.88 Å². The van der Waals surface area contributed by atoms with E-state index in [-0.39, 0.29) is 5.60 Å². The minimum atomic E-state index is -0.135. The average molecular weight is 355 g/mol. The number of hydrogen-bond donors (Lipinski definition) is 1. The zero-order valence-corrected chi connectivity index (χ0v) is 15.0. The van der Waals surface area contributed by atoms with Crippen molar-refractivity contribution in [3.05, 3.63) is 53.7 Å². The molecule has 130 valence electrons. The Balaban J connectivity index is 1.39. The van der Waals surface area contributed by atoms with E-state index in [2.05, 4.69) is 39.5 Å². The summed E-state index contributed by atoms with van der Waals surface area (Å²) < 4.78 is 11.3. The van der Waals surface area contributed by atoms with Crippen LogP contribution in [0.4, 0.5) is 5.69 Å². The van der Waals surface area contributed by atoms with Gasteiger partial charge < -0.3 is 19.7 Å². The smallest absolute Gasteiger partial charge is 0.213 e. The van der Waals surface area contributed by atoms with E-state index in [0.717, 1.165) is 43.3 Å². The van der Waals surface area contributed by atoms with Gasteiger partial charge in [0.1, 0.15) is 0 Å². The van der Waals surface area contributed by atoms with Crippen LogP contribution in [0.1, 0.15) is 24.0 Å². The molecule has 1 saturated heterocycles. The van der Waals surface area contributed by atoms with E-state index >= 15 is 0 Å². The minimum Gasteiger partial charge on any atom is -0.481 e. The number of likely N-dealkylation sites (tertiary alicyclic amines) is 1. The first kappa shape index (κ1) is 16.3. The molecule has 5 nitrogen and oxygen atoms in total. The van der Waals surface area contributed by atoms with Crippen molar-refractivity contribution in [2.45, 2.75) is 25.0 Å². The van der Waals surface area contributed by atoms with E-state index in [0.29, 0.717) is 5.88 Å². The summed E-state index contributed by atoms with van der Waals surface area (Å²) >= 11 is 5.57. The monoisotopic (exact) mass is 355 g/mol. The Labute approximate surface area is 153 Å². The molecule has 1 aromatic heterocycles. The third-order valence-corrected chi connectivity index (χ3v) is 5.43. The Morgan fingerprint density at radius 1 is 1.24 bits per heavy atom. The first-order chi connectivity index (χ1) is 12.2. The van der Waals surface area contributed by atoms with E-state index in [1.165, 1.54) is 11.1 Å². The van der Waals surface area contributed by atoms with Gasteiger partial charge in [0.15, 0.2) is 5.11 Å². The number of pyridine rings is 1. The molecule has 1 spiro atoms. The molecule has 1 aromatic carbocycles. The SMILES string of the molecule is COc1ccc(NC(=S)N2CCC3(CC2)OCc2ccccc23)cn1. The van der Waals surface area contributed by atoms with Crippen molar-refractivity contribution in [3.8, 4) is 5.88 Å². The molecule has 2 aromatic rings. The number of hydrogen-bond acceptors (Lipinski definition) is 4. The van der Waals surface area contributed by atoms with Crippen LogP contribution in [0.5, 0.6) is 5.88 Å². The number of aromatic nitrogens is 1. The second-order valence-corrected chi connectivity index (χ2v) is 6.83. The van der Waals surface area contributed by atoms with Crippen LogP contribution >= 0.6 is 12.2 Å². The molecule has 1 N–H and O–H groups in total. The van der Waals surface area contributed by atoms with Gasteiger partial charge in [-0.15, -0.1) is 0 Å². The van der Waals surface area contributed by atoms with Gasteiger partial charge in [-0.05, 0) is 42.3 Å². The van der Waals surface area contributed by atoms with E-state index in [1.54, 1.807) is 13.3 Å². The lowest BCUT2D eigenvalue weighted by atomic mass is 9.84. The predicted octanol–water partition coefficient (Wildman–Crippen LogP) is 3.31. The van der Waals surface area contributed by atoms with Gasteiger partial charge in [0.2, 0.25) is 5.88 Å². The van der Waals surface area contributed by atoms with Gasteiger partial charge in [0, 0.05) is 19.2 Å². The van der Waals surface area contributed by atoms with Gasteiger partial charge in [-0.25, -0.2) is 4.98 Å². The number of methoxy groups -OCH3 is 1. The lowest BCUT2D eigenvalue weighted by molar-refractivity contribution is -0.0702. The second-order valence-electron chi connectivity index (χ2n) is 6.45. The van der Waals surface area contributed by atoms with Crippen LogP contribution in [-0.4, -0.2) is 35.2 Å². The first-order valence-corrected chi connectivity index (χ1v) is 8.89. The maximum atomic E-state index is 6.21. The quantitative estimate of drug-likeness (QED) is 0.834. The van der Waals surface area contributed by atoms with Gasteiger partial charge in [-0.2, -0.15) is 0 Å². The minimum absolute atomic E-state index is 0.135. The highest BCUT2D eigenvalue weighted by atomic mass is 32.1.